The molecule has 0 unspecified atom stereocenters. The van der Waals surface area contributed by atoms with Crippen LogP contribution in [0.2, 0.25) is 0 Å². The third-order valence-corrected chi connectivity index (χ3v) is 7.41. The van der Waals surface area contributed by atoms with E-state index in [1.54, 1.807) is 26.4 Å². The van der Waals surface area contributed by atoms with E-state index in [4.69, 9.17) is 9.47 Å². The van der Waals surface area contributed by atoms with Gasteiger partial charge in [-0.3, -0.25) is 14.5 Å². The Morgan fingerprint density at radius 2 is 1.52 bits per heavy atom. The van der Waals surface area contributed by atoms with Gasteiger partial charge < -0.3 is 19.7 Å². The summed E-state index contributed by atoms with van der Waals surface area (Å²) in [5, 5.41) is 2.94. The van der Waals surface area contributed by atoms with Gasteiger partial charge in [0.15, 0.2) is 11.5 Å². The summed E-state index contributed by atoms with van der Waals surface area (Å²) in [4.78, 5) is 30.0. The fraction of sp³-hybridized carbons (Fsp3) is 0.375. The maximum absolute atomic E-state index is 13.2. The van der Waals surface area contributed by atoms with E-state index in [2.05, 4.69) is 10.2 Å². The Bertz CT molecular complexity index is 1270. The first kappa shape index (κ1) is 29.1. The van der Waals surface area contributed by atoms with E-state index in [9.17, 15) is 14.0 Å². The summed E-state index contributed by atoms with van der Waals surface area (Å²) in [5.74, 6) is 0.993. The Balaban J connectivity index is 1.31. The number of hydrogen-bond acceptors (Lipinski definition) is 5. The number of carbonyl (C=O) groups excluding carboxylic acids is 2. The monoisotopic (exact) mass is 547 g/mol. The Kier molecular flexibility index (Phi) is 10.1. The van der Waals surface area contributed by atoms with E-state index in [0.29, 0.717) is 36.6 Å². The molecule has 0 spiro atoms. The molecule has 1 N–H and O–H groups in total. The largest absolute Gasteiger partial charge is 0.493 e. The van der Waals surface area contributed by atoms with Crippen molar-refractivity contribution in [3.63, 3.8) is 0 Å². The van der Waals surface area contributed by atoms with Gasteiger partial charge >= 0.3 is 0 Å². The van der Waals surface area contributed by atoms with Gasteiger partial charge in [-0.1, -0.05) is 37.3 Å². The molecule has 40 heavy (non-hydrogen) atoms. The topological polar surface area (TPSA) is 71.1 Å². The molecule has 0 aromatic heterocycles. The lowest BCUT2D eigenvalue weighted by Gasteiger charge is -2.38. The number of piperidine rings is 1. The van der Waals surface area contributed by atoms with Crippen LogP contribution in [0, 0.1) is 5.82 Å². The molecule has 0 aliphatic carbocycles. The van der Waals surface area contributed by atoms with Crippen molar-refractivity contribution in [1.29, 1.82) is 0 Å². The quantitative estimate of drug-likeness (QED) is 0.358. The van der Waals surface area contributed by atoms with Crippen molar-refractivity contribution in [2.45, 2.75) is 51.9 Å². The van der Waals surface area contributed by atoms with Gasteiger partial charge in [0.25, 0.3) is 5.91 Å². The first-order chi connectivity index (χ1) is 19.4. The van der Waals surface area contributed by atoms with E-state index in [0.717, 1.165) is 49.2 Å². The zero-order valence-corrected chi connectivity index (χ0v) is 23.5. The van der Waals surface area contributed by atoms with Crippen LogP contribution in [0.3, 0.4) is 0 Å². The van der Waals surface area contributed by atoms with Gasteiger partial charge in [0.2, 0.25) is 5.91 Å². The second-order valence-corrected chi connectivity index (χ2v) is 10.1. The second-order valence-electron chi connectivity index (χ2n) is 10.1. The lowest BCUT2D eigenvalue weighted by molar-refractivity contribution is -0.135. The summed E-state index contributed by atoms with van der Waals surface area (Å²) in [7, 11) is 3.16. The molecule has 212 valence electrons. The van der Waals surface area contributed by atoms with Crippen LogP contribution < -0.4 is 14.8 Å². The van der Waals surface area contributed by atoms with Crippen LogP contribution in [0.1, 0.15) is 53.2 Å². The summed E-state index contributed by atoms with van der Waals surface area (Å²) < 4.78 is 23.8. The number of amides is 2. The Morgan fingerprint density at radius 1 is 0.900 bits per heavy atom. The van der Waals surface area contributed by atoms with Crippen LogP contribution in [0.15, 0.2) is 66.7 Å². The zero-order valence-electron chi connectivity index (χ0n) is 23.5. The number of nitrogens with one attached hydrogen (secondary N) is 1. The smallest absolute Gasteiger partial charge is 0.251 e. The highest BCUT2D eigenvalue weighted by atomic mass is 19.1. The Morgan fingerprint density at radius 3 is 2.15 bits per heavy atom. The molecule has 1 fully saturated rings. The SMILES string of the molecule is CCC(=O)N(Cc1ccc(C(=O)NCc2ccc(OC)c(OC)c2)cc1)C1CCN(Cc2ccc(F)cc2)CC1. The van der Waals surface area contributed by atoms with E-state index < -0.39 is 0 Å². The summed E-state index contributed by atoms with van der Waals surface area (Å²) in [5.41, 5.74) is 3.55. The van der Waals surface area contributed by atoms with Crippen molar-refractivity contribution < 1.29 is 23.5 Å². The van der Waals surface area contributed by atoms with E-state index in [1.807, 2.05) is 54.3 Å². The first-order valence-electron chi connectivity index (χ1n) is 13.7. The molecule has 0 radical (unpaired) electrons. The van der Waals surface area contributed by atoms with E-state index in [-0.39, 0.29) is 23.7 Å². The Labute approximate surface area is 235 Å². The molecule has 0 bridgehead atoms. The third-order valence-electron chi connectivity index (χ3n) is 7.41. The molecule has 0 atom stereocenters. The highest BCUT2D eigenvalue weighted by Crippen LogP contribution is 2.27. The predicted octanol–water partition coefficient (Wildman–Crippen LogP) is 5.18. The number of ether oxygens (including phenoxy) is 2. The molecule has 7 nitrogen and oxygen atoms in total. The van der Waals surface area contributed by atoms with Crippen molar-refractivity contribution in [3.8, 4) is 11.5 Å². The van der Waals surface area contributed by atoms with Crippen LogP contribution in [0.25, 0.3) is 0 Å². The maximum Gasteiger partial charge on any atom is 0.251 e. The van der Waals surface area contributed by atoms with Crippen molar-refractivity contribution in [1.82, 2.24) is 15.1 Å². The molecule has 3 aromatic carbocycles. The third kappa shape index (κ3) is 7.60. The van der Waals surface area contributed by atoms with Gasteiger partial charge in [0.05, 0.1) is 14.2 Å². The van der Waals surface area contributed by atoms with Gasteiger partial charge in [-0.05, 0) is 65.9 Å². The minimum atomic E-state index is -0.223. The van der Waals surface area contributed by atoms with Crippen LogP contribution >= 0.6 is 0 Å². The molecular weight excluding hydrogens is 509 g/mol. The molecule has 8 heteroatoms. The molecule has 1 aliphatic rings. The molecule has 3 aromatic rings. The van der Waals surface area contributed by atoms with Crippen molar-refractivity contribution in [2.75, 3.05) is 27.3 Å². The summed E-state index contributed by atoms with van der Waals surface area (Å²) in [6.45, 7) is 5.32. The number of nitrogens with zero attached hydrogens (tertiary/aromatic N) is 2. The number of rotatable bonds is 11. The minimum absolute atomic E-state index is 0.133. The van der Waals surface area contributed by atoms with Gasteiger partial charge in [-0.25, -0.2) is 4.39 Å². The van der Waals surface area contributed by atoms with Gasteiger partial charge in [-0.2, -0.15) is 0 Å². The zero-order chi connectivity index (χ0) is 28.5. The van der Waals surface area contributed by atoms with Crippen LogP contribution in [-0.2, 0) is 24.4 Å². The molecule has 4 rings (SSSR count). The highest BCUT2D eigenvalue weighted by Gasteiger charge is 2.27. The molecule has 2 amide bonds. The second kappa shape index (κ2) is 13.9. The normalized spacial score (nSPS) is 14.0. The van der Waals surface area contributed by atoms with Crippen LogP contribution in [0.5, 0.6) is 11.5 Å². The first-order valence-corrected chi connectivity index (χ1v) is 13.7. The minimum Gasteiger partial charge on any atom is -0.493 e. The van der Waals surface area contributed by atoms with Crippen molar-refractivity contribution in [2.24, 2.45) is 0 Å². The lowest BCUT2D eigenvalue weighted by Crippen LogP contribution is -2.46. The molecule has 1 saturated heterocycles. The number of hydrogen-bond donors (Lipinski definition) is 1. The fourth-order valence-electron chi connectivity index (χ4n) is 5.09. The molecular formula is C32H38FN3O4. The maximum atomic E-state index is 13.2. The Hall–Kier alpha value is -3.91. The number of halogens is 1. The number of methoxy groups -OCH3 is 2. The van der Waals surface area contributed by atoms with Crippen molar-refractivity contribution >= 4 is 11.8 Å². The van der Waals surface area contributed by atoms with Crippen LogP contribution in [0.4, 0.5) is 4.39 Å². The van der Waals surface area contributed by atoms with Crippen LogP contribution in [-0.4, -0.2) is 55.0 Å². The van der Waals surface area contributed by atoms with E-state index >= 15 is 0 Å². The highest BCUT2D eigenvalue weighted by molar-refractivity contribution is 5.94. The standard InChI is InChI=1S/C32H38FN3O4/c1-4-31(37)36(28-15-17-35(18-16-28)21-23-7-12-27(33)13-8-23)22-24-5-10-26(11-6-24)32(38)34-20-25-9-14-29(39-2)30(19-25)40-3/h5-14,19,28H,4,15-18,20-22H2,1-3H3,(H,34,38). The number of carbonyl (C=O) groups is 2. The van der Waals surface area contributed by atoms with Gasteiger partial charge in [0.1, 0.15) is 5.82 Å². The number of benzene rings is 3. The molecule has 0 saturated carbocycles. The molecule has 1 heterocycles. The van der Waals surface area contributed by atoms with Crippen molar-refractivity contribution in [3.05, 3.63) is 94.8 Å². The lowest BCUT2D eigenvalue weighted by atomic mass is 10.0. The average molecular weight is 548 g/mol. The van der Waals surface area contributed by atoms with Gasteiger partial charge in [0, 0.05) is 50.7 Å². The molecule has 1 aliphatic heterocycles. The van der Waals surface area contributed by atoms with E-state index in [1.165, 1.54) is 12.1 Å². The summed E-state index contributed by atoms with van der Waals surface area (Å²) >= 11 is 0. The summed E-state index contributed by atoms with van der Waals surface area (Å²) in [6.07, 6.45) is 2.24. The predicted molar refractivity (Wildman–Crippen MR) is 153 cm³/mol. The summed E-state index contributed by atoms with van der Waals surface area (Å²) in [6, 6.07) is 19.8. The van der Waals surface area contributed by atoms with Gasteiger partial charge in [-0.15, -0.1) is 0 Å². The fourth-order valence-corrected chi connectivity index (χ4v) is 5.09. The number of likely N-dealkylation sites (tertiary alicyclic amines) is 1. The average Bonchev–Trinajstić information content (AvgIpc) is 3.00.